The van der Waals surface area contributed by atoms with Crippen molar-refractivity contribution in [3.05, 3.63) is 59.2 Å². The maximum Gasteiger partial charge on any atom is 0.323 e. The Kier molecular flexibility index (Phi) is 6.00. The molecule has 0 saturated carbocycles. The molecule has 3 rings (SSSR count). The van der Waals surface area contributed by atoms with E-state index in [1.54, 1.807) is 37.6 Å². The Labute approximate surface area is 154 Å². The molecule has 0 aliphatic rings. The zero-order valence-electron chi connectivity index (χ0n) is 12.7. The number of fused-ring (bicyclic) bond motifs is 1. The van der Waals surface area contributed by atoms with Crippen LogP contribution in [-0.4, -0.2) is 18.1 Å². The summed E-state index contributed by atoms with van der Waals surface area (Å²) < 4.78 is 5.94. The van der Waals surface area contributed by atoms with Crippen LogP contribution in [0.3, 0.4) is 0 Å². The number of rotatable bonds is 3. The van der Waals surface area contributed by atoms with Gasteiger partial charge in [-0.2, -0.15) is 0 Å². The number of amides is 2. The van der Waals surface area contributed by atoms with Crippen molar-refractivity contribution in [1.29, 1.82) is 0 Å². The van der Waals surface area contributed by atoms with Gasteiger partial charge in [0.15, 0.2) is 0 Å². The third kappa shape index (κ3) is 3.96. The molecule has 0 radical (unpaired) electrons. The number of carbonyl (C=O) groups is 1. The molecule has 2 N–H and O–H groups in total. The first-order valence-corrected chi connectivity index (χ1v) is 7.72. The standard InChI is InChI=1S/C17H14BrN3O2.ClH/c1-23-16-7-6-11(10-13(16)18)20-17(22)21-15-8-9-19-14-5-3-2-4-12(14)15;/h2-10H,1H3,(H2,19,20,21,22);1H. The van der Waals surface area contributed by atoms with E-state index in [0.29, 0.717) is 17.1 Å². The predicted octanol–water partition coefficient (Wildman–Crippen LogP) is 5.07. The number of nitrogens with zero attached hydrogens (tertiary/aromatic N) is 1. The van der Waals surface area contributed by atoms with Crippen LogP contribution in [0.5, 0.6) is 5.75 Å². The van der Waals surface area contributed by atoms with Crippen molar-refractivity contribution in [3.63, 3.8) is 0 Å². The summed E-state index contributed by atoms with van der Waals surface area (Å²) in [6, 6.07) is 14.4. The number of halogens is 2. The van der Waals surface area contributed by atoms with E-state index in [-0.39, 0.29) is 18.4 Å². The molecule has 0 fully saturated rings. The molecule has 0 saturated heterocycles. The average molecular weight is 409 g/mol. The largest absolute Gasteiger partial charge is 0.496 e. The second kappa shape index (κ2) is 7.99. The number of carbonyl (C=O) groups excluding carboxylic acids is 1. The van der Waals surface area contributed by atoms with Crippen LogP contribution in [0.15, 0.2) is 59.2 Å². The number of pyridine rings is 1. The van der Waals surface area contributed by atoms with Gasteiger partial charge in [-0.15, -0.1) is 12.4 Å². The molecule has 5 nitrogen and oxygen atoms in total. The molecule has 2 aromatic carbocycles. The van der Waals surface area contributed by atoms with Crippen LogP contribution in [0.25, 0.3) is 10.9 Å². The van der Waals surface area contributed by atoms with Gasteiger partial charge in [0, 0.05) is 17.3 Å². The maximum atomic E-state index is 12.2. The minimum absolute atomic E-state index is 0. The number of methoxy groups -OCH3 is 1. The first kappa shape index (κ1) is 18.0. The van der Waals surface area contributed by atoms with E-state index in [9.17, 15) is 4.79 Å². The summed E-state index contributed by atoms with van der Waals surface area (Å²) in [6.45, 7) is 0. The molecule has 3 aromatic rings. The molecular formula is C17H15BrClN3O2. The predicted molar refractivity (Wildman–Crippen MR) is 102 cm³/mol. The Morgan fingerprint density at radius 2 is 1.92 bits per heavy atom. The van der Waals surface area contributed by atoms with Gasteiger partial charge in [0.2, 0.25) is 0 Å². The van der Waals surface area contributed by atoms with Gasteiger partial charge in [-0.1, -0.05) is 18.2 Å². The summed E-state index contributed by atoms with van der Waals surface area (Å²) in [5, 5.41) is 6.53. The van der Waals surface area contributed by atoms with Gasteiger partial charge < -0.3 is 15.4 Å². The SMILES string of the molecule is COc1ccc(NC(=O)Nc2ccnc3ccccc23)cc1Br.Cl. The first-order chi connectivity index (χ1) is 11.2. The van der Waals surface area contributed by atoms with Crippen LogP contribution in [0.1, 0.15) is 0 Å². The quantitative estimate of drug-likeness (QED) is 0.636. The molecule has 1 heterocycles. The van der Waals surface area contributed by atoms with Gasteiger partial charge >= 0.3 is 6.03 Å². The minimum Gasteiger partial charge on any atom is -0.496 e. The summed E-state index contributed by atoms with van der Waals surface area (Å²) in [5.41, 5.74) is 2.20. The van der Waals surface area contributed by atoms with E-state index in [1.807, 2.05) is 24.3 Å². The van der Waals surface area contributed by atoms with Gasteiger partial charge in [0.25, 0.3) is 0 Å². The van der Waals surface area contributed by atoms with Crippen LogP contribution < -0.4 is 15.4 Å². The molecule has 7 heteroatoms. The molecule has 0 aliphatic heterocycles. The highest BCUT2D eigenvalue weighted by Crippen LogP contribution is 2.28. The highest BCUT2D eigenvalue weighted by atomic mass is 79.9. The highest BCUT2D eigenvalue weighted by Gasteiger charge is 2.08. The highest BCUT2D eigenvalue weighted by molar-refractivity contribution is 9.10. The Bertz CT molecular complexity index is 868. The van der Waals surface area contributed by atoms with Crippen molar-refractivity contribution in [2.24, 2.45) is 0 Å². The molecule has 24 heavy (non-hydrogen) atoms. The Balaban J connectivity index is 0.00000208. The summed E-state index contributed by atoms with van der Waals surface area (Å²) in [6.07, 6.45) is 1.67. The number of benzene rings is 2. The summed E-state index contributed by atoms with van der Waals surface area (Å²) in [4.78, 5) is 16.5. The first-order valence-electron chi connectivity index (χ1n) is 6.92. The van der Waals surface area contributed by atoms with Crippen molar-refractivity contribution in [2.45, 2.75) is 0 Å². The van der Waals surface area contributed by atoms with Gasteiger partial charge in [-0.3, -0.25) is 4.98 Å². The lowest BCUT2D eigenvalue weighted by Crippen LogP contribution is -2.19. The maximum absolute atomic E-state index is 12.2. The van der Waals surface area contributed by atoms with E-state index in [4.69, 9.17) is 4.74 Å². The Morgan fingerprint density at radius 1 is 1.12 bits per heavy atom. The molecule has 0 unspecified atom stereocenters. The van der Waals surface area contributed by atoms with Crippen LogP contribution in [0.2, 0.25) is 0 Å². The number of aromatic nitrogens is 1. The normalized spacial score (nSPS) is 9.92. The van der Waals surface area contributed by atoms with Gasteiger partial charge in [-0.25, -0.2) is 4.79 Å². The van der Waals surface area contributed by atoms with Gasteiger partial charge in [0.05, 0.1) is 22.8 Å². The van der Waals surface area contributed by atoms with Gasteiger partial charge in [0.1, 0.15) is 5.75 Å². The summed E-state index contributed by atoms with van der Waals surface area (Å²) in [5.74, 6) is 0.705. The molecule has 0 aliphatic carbocycles. The fraction of sp³-hybridized carbons (Fsp3) is 0.0588. The lowest BCUT2D eigenvalue weighted by molar-refractivity contribution is 0.262. The smallest absolute Gasteiger partial charge is 0.323 e. The molecule has 124 valence electrons. The second-order valence-corrected chi connectivity index (χ2v) is 5.66. The molecule has 0 spiro atoms. The molecular weight excluding hydrogens is 394 g/mol. The second-order valence-electron chi connectivity index (χ2n) is 4.80. The number of hydrogen-bond donors (Lipinski definition) is 2. The zero-order chi connectivity index (χ0) is 16.2. The minimum atomic E-state index is -0.321. The molecule has 1 aromatic heterocycles. The third-order valence-corrected chi connectivity index (χ3v) is 3.93. The Hall–Kier alpha value is -2.31. The van der Waals surface area contributed by atoms with Crippen molar-refractivity contribution >= 4 is 56.6 Å². The van der Waals surface area contributed by atoms with Crippen molar-refractivity contribution in [1.82, 2.24) is 4.98 Å². The fourth-order valence-corrected chi connectivity index (χ4v) is 2.77. The average Bonchev–Trinajstić information content (AvgIpc) is 2.55. The number of anilines is 2. The number of ether oxygens (including phenoxy) is 1. The van der Waals surface area contributed by atoms with Crippen molar-refractivity contribution in [3.8, 4) is 5.75 Å². The summed E-state index contributed by atoms with van der Waals surface area (Å²) >= 11 is 3.39. The molecule has 0 bridgehead atoms. The number of nitrogens with one attached hydrogen (secondary N) is 2. The monoisotopic (exact) mass is 407 g/mol. The lowest BCUT2D eigenvalue weighted by Gasteiger charge is -2.11. The Morgan fingerprint density at radius 3 is 2.67 bits per heavy atom. The summed E-state index contributed by atoms with van der Waals surface area (Å²) in [7, 11) is 1.59. The fourth-order valence-electron chi connectivity index (χ4n) is 2.23. The van der Waals surface area contributed by atoms with Crippen molar-refractivity contribution < 1.29 is 9.53 Å². The molecule has 2 amide bonds. The zero-order valence-corrected chi connectivity index (χ0v) is 15.1. The van der Waals surface area contributed by atoms with E-state index >= 15 is 0 Å². The van der Waals surface area contributed by atoms with E-state index in [1.165, 1.54) is 0 Å². The van der Waals surface area contributed by atoms with E-state index in [2.05, 4.69) is 31.5 Å². The number of hydrogen-bond acceptors (Lipinski definition) is 3. The van der Waals surface area contributed by atoms with Crippen LogP contribution in [-0.2, 0) is 0 Å². The number of urea groups is 1. The topological polar surface area (TPSA) is 63.2 Å². The number of para-hydroxylation sites is 1. The van der Waals surface area contributed by atoms with Crippen LogP contribution >= 0.6 is 28.3 Å². The third-order valence-electron chi connectivity index (χ3n) is 3.31. The molecule has 0 atom stereocenters. The van der Waals surface area contributed by atoms with E-state index in [0.717, 1.165) is 15.4 Å². The van der Waals surface area contributed by atoms with Crippen LogP contribution in [0, 0.1) is 0 Å². The van der Waals surface area contributed by atoms with Crippen LogP contribution in [0.4, 0.5) is 16.2 Å². The van der Waals surface area contributed by atoms with E-state index < -0.39 is 0 Å². The lowest BCUT2D eigenvalue weighted by atomic mass is 10.2. The van der Waals surface area contributed by atoms with Crippen molar-refractivity contribution in [2.75, 3.05) is 17.7 Å². The van der Waals surface area contributed by atoms with Gasteiger partial charge in [-0.05, 0) is 46.3 Å².